The van der Waals surface area contributed by atoms with Gasteiger partial charge in [0.2, 0.25) is 5.91 Å². The van der Waals surface area contributed by atoms with Crippen LogP contribution >= 0.6 is 0 Å². The summed E-state index contributed by atoms with van der Waals surface area (Å²) in [5.74, 6) is 0.261. The molecule has 1 aliphatic carbocycles. The van der Waals surface area contributed by atoms with Crippen molar-refractivity contribution in [1.82, 2.24) is 15.1 Å². The SMILES string of the molecule is C[C@H](N[C@@H]1CCN(C)C1=O)C1(N2CCOCC2)CCCC1. The van der Waals surface area contributed by atoms with E-state index in [-0.39, 0.29) is 17.5 Å². The summed E-state index contributed by atoms with van der Waals surface area (Å²) >= 11 is 0. The molecule has 120 valence electrons. The number of likely N-dealkylation sites (tertiary alicyclic amines) is 1. The molecular formula is C16H29N3O2. The number of nitrogens with zero attached hydrogens (tertiary/aromatic N) is 2. The highest BCUT2D eigenvalue weighted by Gasteiger charge is 2.45. The van der Waals surface area contributed by atoms with Gasteiger partial charge < -0.3 is 15.0 Å². The van der Waals surface area contributed by atoms with Crippen molar-refractivity contribution in [2.24, 2.45) is 0 Å². The zero-order valence-electron chi connectivity index (χ0n) is 13.4. The summed E-state index contributed by atoms with van der Waals surface area (Å²) in [4.78, 5) is 16.6. The molecule has 5 nitrogen and oxygen atoms in total. The van der Waals surface area contributed by atoms with E-state index in [1.54, 1.807) is 0 Å². The van der Waals surface area contributed by atoms with E-state index in [0.29, 0.717) is 6.04 Å². The van der Waals surface area contributed by atoms with E-state index in [1.807, 2.05) is 11.9 Å². The van der Waals surface area contributed by atoms with Gasteiger partial charge in [-0.1, -0.05) is 12.8 Å². The Morgan fingerprint density at radius 3 is 2.48 bits per heavy atom. The highest BCUT2D eigenvalue weighted by Crippen LogP contribution is 2.39. The molecular weight excluding hydrogens is 266 g/mol. The van der Waals surface area contributed by atoms with Crippen molar-refractivity contribution in [3.8, 4) is 0 Å². The van der Waals surface area contributed by atoms with Crippen molar-refractivity contribution < 1.29 is 9.53 Å². The van der Waals surface area contributed by atoms with Crippen LogP contribution in [0.15, 0.2) is 0 Å². The summed E-state index contributed by atoms with van der Waals surface area (Å²) in [5, 5.41) is 3.67. The molecule has 0 radical (unpaired) electrons. The van der Waals surface area contributed by atoms with Gasteiger partial charge in [0.25, 0.3) is 0 Å². The quantitative estimate of drug-likeness (QED) is 0.835. The number of carbonyl (C=O) groups excluding carboxylic acids is 1. The highest BCUT2D eigenvalue weighted by molar-refractivity contribution is 5.83. The zero-order chi connectivity index (χ0) is 14.9. The number of hydrogen-bond acceptors (Lipinski definition) is 4. The summed E-state index contributed by atoms with van der Waals surface area (Å²) in [7, 11) is 1.90. The normalized spacial score (nSPS) is 31.8. The monoisotopic (exact) mass is 295 g/mol. The van der Waals surface area contributed by atoms with Gasteiger partial charge in [-0.3, -0.25) is 9.69 Å². The minimum Gasteiger partial charge on any atom is -0.379 e. The molecule has 5 heteroatoms. The van der Waals surface area contributed by atoms with Gasteiger partial charge in [0, 0.05) is 38.3 Å². The second-order valence-electron chi connectivity index (χ2n) is 6.90. The lowest BCUT2D eigenvalue weighted by atomic mass is 9.86. The Kier molecular flexibility index (Phi) is 4.52. The molecule has 0 aromatic rings. The molecule has 3 rings (SSSR count). The molecule has 1 saturated carbocycles. The van der Waals surface area contributed by atoms with Gasteiger partial charge in [-0.15, -0.1) is 0 Å². The standard InChI is InChI=1S/C16H29N3O2/c1-13(17-14-5-8-18(2)15(14)20)16(6-3-4-7-16)19-9-11-21-12-10-19/h13-14,17H,3-12H2,1-2H3/t13-,14+/m0/s1. The molecule has 2 heterocycles. The molecule has 0 unspecified atom stereocenters. The molecule has 21 heavy (non-hydrogen) atoms. The largest absolute Gasteiger partial charge is 0.379 e. The Balaban J connectivity index is 1.69. The number of nitrogens with one attached hydrogen (secondary N) is 1. The van der Waals surface area contributed by atoms with E-state index >= 15 is 0 Å². The van der Waals surface area contributed by atoms with Crippen molar-refractivity contribution in [3.63, 3.8) is 0 Å². The fourth-order valence-electron chi connectivity index (χ4n) is 4.45. The number of carbonyl (C=O) groups is 1. The van der Waals surface area contributed by atoms with Crippen molar-refractivity contribution in [2.45, 2.75) is 56.7 Å². The van der Waals surface area contributed by atoms with Gasteiger partial charge in [0.05, 0.1) is 19.3 Å². The van der Waals surface area contributed by atoms with Crippen molar-refractivity contribution >= 4 is 5.91 Å². The van der Waals surface area contributed by atoms with Crippen LogP contribution in [0, 0.1) is 0 Å². The third kappa shape index (κ3) is 2.83. The smallest absolute Gasteiger partial charge is 0.239 e. The minimum absolute atomic E-state index is 0.0171. The van der Waals surface area contributed by atoms with Gasteiger partial charge in [0.1, 0.15) is 0 Å². The van der Waals surface area contributed by atoms with Crippen LogP contribution in [0.25, 0.3) is 0 Å². The number of likely N-dealkylation sites (N-methyl/N-ethyl adjacent to an activating group) is 1. The molecule has 3 fully saturated rings. The lowest BCUT2D eigenvalue weighted by Crippen LogP contribution is -2.63. The fraction of sp³-hybridized carbons (Fsp3) is 0.938. The molecule has 1 N–H and O–H groups in total. The summed E-state index contributed by atoms with van der Waals surface area (Å²) in [6.07, 6.45) is 6.05. The molecule has 0 bridgehead atoms. The molecule has 0 spiro atoms. The average molecular weight is 295 g/mol. The number of morpholine rings is 1. The van der Waals surface area contributed by atoms with Gasteiger partial charge in [-0.25, -0.2) is 0 Å². The summed E-state index contributed by atoms with van der Waals surface area (Å²) in [6.45, 7) is 6.92. The van der Waals surface area contributed by atoms with E-state index in [9.17, 15) is 4.79 Å². The first-order valence-corrected chi connectivity index (χ1v) is 8.47. The van der Waals surface area contributed by atoms with E-state index in [1.165, 1.54) is 25.7 Å². The molecule has 0 aromatic carbocycles. The average Bonchev–Trinajstić information content (AvgIpc) is 3.12. The van der Waals surface area contributed by atoms with E-state index in [4.69, 9.17) is 4.74 Å². The van der Waals surface area contributed by atoms with Crippen LogP contribution in [0.3, 0.4) is 0 Å². The molecule has 1 amide bonds. The number of amides is 1. The van der Waals surface area contributed by atoms with Crippen molar-refractivity contribution in [1.29, 1.82) is 0 Å². The second-order valence-corrected chi connectivity index (χ2v) is 6.90. The highest BCUT2D eigenvalue weighted by atomic mass is 16.5. The Bertz CT molecular complexity index is 376. The maximum Gasteiger partial charge on any atom is 0.239 e. The third-order valence-electron chi connectivity index (χ3n) is 5.79. The van der Waals surface area contributed by atoms with Crippen LogP contribution in [0.4, 0.5) is 0 Å². The summed E-state index contributed by atoms with van der Waals surface area (Å²) < 4.78 is 5.53. The predicted octanol–water partition coefficient (Wildman–Crippen LogP) is 0.840. The number of hydrogen-bond donors (Lipinski definition) is 1. The molecule has 3 aliphatic rings. The predicted molar refractivity (Wildman–Crippen MR) is 82.2 cm³/mol. The Morgan fingerprint density at radius 2 is 1.90 bits per heavy atom. The van der Waals surface area contributed by atoms with Crippen molar-refractivity contribution in [3.05, 3.63) is 0 Å². The first-order valence-electron chi connectivity index (χ1n) is 8.47. The summed E-state index contributed by atoms with van der Waals surface area (Å²) in [5.41, 5.74) is 0.227. The zero-order valence-corrected chi connectivity index (χ0v) is 13.4. The van der Waals surface area contributed by atoms with Crippen LogP contribution in [-0.2, 0) is 9.53 Å². The first-order chi connectivity index (χ1) is 10.1. The molecule has 2 atom stereocenters. The molecule has 2 aliphatic heterocycles. The lowest BCUT2D eigenvalue weighted by Gasteiger charge is -2.48. The number of rotatable bonds is 4. The van der Waals surface area contributed by atoms with Gasteiger partial charge in [-0.2, -0.15) is 0 Å². The molecule has 0 aromatic heterocycles. The van der Waals surface area contributed by atoms with Crippen LogP contribution in [0.1, 0.15) is 39.0 Å². The topological polar surface area (TPSA) is 44.8 Å². The van der Waals surface area contributed by atoms with Crippen LogP contribution in [-0.4, -0.2) is 73.2 Å². The fourth-order valence-corrected chi connectivity index (χ4v) is 4.45. The van der Waals surface area contributed by atoms with Gasteiger partial charge >= 0.3 is 0 Å². The van der Waals surface area contributed by atoms with E-state index < -0.39 is 0 Å². The van der Waals surface area contributed by atoms with Crippen LogP contribution < -0.4 is 5.32 Å². The maximum atomic E-state index is 12.2. The Labute approximate surface area is 128 Å². The Morgan fingerprint density at radius 1 is 1.24 bits per heavy atom. The second kappa shape index (κ2) is 6.23. The Hall–Kier alpha value is -0.650. The lowest BCUT2D eigenvalue weighted by molar-refractivity contribution is -0.128. The maximum absolute atomic E-state index is 12.2. The van der Waals surface area contributed by atoms with Gasteiger partial charge in [0.15, 0.2) is 0 Å². The first kappa shape index (κ1) is 15.3. The summed E-state index contributed by atoms with van der Waals surface area (Å²) in [6, 6.07) is 0.377. The van der Waals surface area contributed by atoms with E-state index in [0.717, 1.165) is 39.3 Å². The van der Waals surface area contributed by atoms with Crippen LogP contribution in [0.5, 0.6) is 0 Å². The minimum atomic E-state index is 0.0171. The van der Waals surface area contributed by atoms with Crippen LogP contribution in [0.2, 0.25) is 0 Å². The van der Waals surface area contributed by atoms with E-state index in [2.05, 4.69) is 17.1 Å². The van der Waals surface area contributed by atoms with Crippen molar-refractivity contribution in [2.75, 3.05) is 39.9 Å². The third-order valence-corrected chi connectivity index (χ3v) is 5.79. The number of ether oxygens (including phenoxy) is 1. The van der Waals surface area contributed by atoms with Gasteiger partial charge in [-0.05, 0) is 26.2 Å². The molecule has 2 saturated heterocycles.